The van der Waals surface area contributed by atoms with Crippen LogP contribution in [0.2, 0.25) is 0 Å². The highest BCUT2D eigenvalue weighted by Gasteiger charge is 2.23. The van der Waals surface area contributed by atoms with E-state index in [0.717, 1.165) is 24.5 Å². The average molecular weight is 256 g/mol. The number of nitrogens with two attached hydrogens (primary N) is 1. The maximum atomic E-state index is 5.93. The van der Waals surface area contributed by atoms with Crippen molar-refractivity contribution >= 4 is 5.82 Å². The summed E-state index contributed by atoms with van der Waals surface area (Å²) in [6.45, 7) is 4.79. The summed E-state index contributed by atoms with van der Waals surface area (Å²) in [5, 5.41) is 4.69. The molecule has 1 aliphatic heterocycles. The van der Waals surface area contributed by atoms with Crippen molar-refractivity contribution in [3.8, 4) is 5.69 Å². The lowest BCUT2D eigenvalue weighted by Crippen LogP contribution is -2.23. The van der Waals surface area contributed by atoms with E-state index >= 15 is 0 Å². The van der Waals surface area contributed by atoms with Gasteiger partial charge in [0.05, 0.1) is 11.4 Å². The molecule has 1 saturated heterocycles. The third-order valence-electron chi connectivity index (χ3n) is 3.77. The molecule has 1 fully saturated rings. The van der Waals surface area contributed by atoms with Gasteiger partial charge in [-0.1, -0.05) is 18.2 Å². The third kappa shape index (κ3) is 2.12. The minimum absolute atomic E-state index is 0.546. The number of hydrogen-bond acceptors (Lipinski definition) is 3. The Balaban J connectivity index is 2.13. The first kappa shape index (κ1) is 12.2. The molecule has 0 radical (unpaired) electrons. The summed E-state index contributed by atoms with van der Waals surface area (Å²) in [5.41, 5.74) is 9.24. The Kier molecular flexibility index (Phi) is 3.25. The fraction of sp³-hybridized carbons (Fsp3) is 0.400. The number of aryl methyl sites for hydroxylation is 1. The monoisotopic (exact) mass is 256 g/mol. The van der Waals surface area contributed by atoms with Crippen LogP contribution in [0, 0.1) is 6.92 Å². The SMILES string of the molecule is Cc1nn(-c2ccccc2)c(N2CCCC2)c1CN. The summed E-state index contributed by atoms with van der Waals surface area (Å²) in [6, 6.07) is 10.3. The van der Waals surface area contributed by atoms with Gasteiger partial charge in [0.15, 0.2) is 0 Å². The van der Waals surface area contributed by atoms with Crippen molar-refractivity contribution in [2.75, 3.05) is 18.0 Å². The smallest absolute Gasteiger partial charge is 0.137 e. The number of anilines is 1. The minimum atomic E-state index is 0.546. The number of rotatable bonds is 3. The largest absolute Gasteiger partial charge is 0.356 e. The quantitative estimate of drug-likeness (QED) is 0.916. The predicted octanol–water partition coefficient (Wildman–Crippen LogP) is 2.24. The van der Waals surface area contributed by atoms with Gasteiger partial charge in [0.1, 0.15) is 5.82 Å². The fourth-order valence-corrected chi connectivity index (χ4v) is 2.79. The molecule has 0 unspecified atom stereocenters. The van der Waals surface area contributed by atoms with Crippen LogP contribution in [0.1, 0.15) is 24.1 Å². The number of aromatic nitrogens is 2. The van der Waals surface area contributed by atoms with Gasteiger partial charge in [-0.2, -0.15) is 5.10 Å². The molecule has 1 aromatic carbocycles. The third-order valence-corrected chi connectivity index (χ3v) is 3.77. The van der Waals surface area contributed by atoms with E-state index < -0.39 is 0 Å². The number of hydrogen-bond donors (Lipinski definition) is 1. The van der Waals surface area contributed by atoms with Crippen LogP contribution in [-0.4, -0.2) is 22.9 Å². The fourth-order valence-electron chi connectivity index (χ4n) is 2.79. The summed E-state index contributed by atoms with van der Waals surface area (Å²) >= 11 is 0. The second-order valence-corrected chi connectivity index (χ2v) is 5.03. The lowest BCUT2D eigenvalue weighted by Gasteiger charge is -2.20. The van der Waals surface area contributed by atoms with Gasteiger partial charge < -0.3 is 10.6 Å². The van der Waals surface area contributed by atoms with Crippen LogP contribution >= 0.6 is 0 Å². The number of benzene rings is 1. The van der Waals surface area contributed by atoms with Crippen molar-refractivity contribution in [3.05, 3.63) is 41.6 Å². The van der Waals surface area contributed by atoms with Crippen LogP contribution in [0.25, 0.3) is 5.69 Å². The van der Waals surface area contributed by atoms with E-state index in [4.69, 9.17) is 10.8 Å². The number of para-hydroxylation sites is 1. The summed E-state index contributed by atoms with van der Waals surface area (Å²) in [5.74, 6) is 1.18. The van der Waals surface area contributed by atoms with Crippen LogP contribution in [0.3, 0.4) is 0 Å². The molecule has 0 bridgehead atoms. The van der Waals surface area contributed by atoms with E-state index in [-0.39, 0.29) is 0 Å². The highest BCUT2D eigenvalue weighted by molar-refractivity contribution is 5.55. The lowest BCUT2D eigenvalue weighted by atomic mass is 10.2. The maximum absolute atomic E-state index is 5.93. The molecule has 0 aliphatic carbocycles. The molecule has 2 N–H and O–H groups in total. The molecule has 3 rings (SSSR count). The van der Waals surface area contributed by atoms with Gasteiger partial charge in [-0.25, -0.2) is 4.68 Å². The van der Waals surface area contributed by atoms with Gasteiger partial charge in [-0.3, -0.25) is 0 Å². The molecule has 0 atom stereocenters. The van der Waals surface area contributed by atoms with E-state index in [1.165, 1.54) is 24.2 Å². The van der Waals surface area contributed by atoms with Crippen molar-refractivity contribution < 1.29 is 0 Å². The number of nitrogens with zero attached hydrogens (tertiary/aromatic N) is 3. The Hall–Kier alpha value is -1.81. The maximum Gasteiger partial charge on any atom is 0.137 e. The van der Waals surface area contributed by atoms with Gasteiger partial charge in [-0.05, 0) is 31.9 Å². The van der Waals surface area contributed by atoms with Crippen LogP contribution < -0.4 is 10.6 Å². The second-order valence-electron chi connectivity index (χ2n) is 5.03. The van der Waals surface area contributed by atoms with Crippen molar-refractivity contribution in [1.82, 2.24) is 9.78 Å². The summed E-state index contributed by atoms with van der Waals surface area (Å²) in [6.07, 6.45) is 2.51. The van der Waals surface area contributed by atoms with Crippen LogP contribution in [0.5, 0.6) is 0 Å². The average Bonchev–Trinajstić information content (AvgIpc) is 3.06. The summed E-state index contributed by atoms with van der Waals surface area (Å²) in [4.78, 5) is 2.41. The summed E-state index contributed by atoms with van der Waals surface area (Å²) in [7, 11) is 0. The Morgan fingerprint density at radius 1 is 1.16 bits per heavy atom. The molecule has 0 spiro atoms. The van der Waals surface area contributed by atoms with E-state index in [2.05, 4.69) is 17.0 Å². The minimum Gasteiger partial charge on any atom is -0.356 e. The van der Waals surface area contributed by atoms with Crippen molar-refractivity contribution in [2.45, 2.75) is 26.3 Å². The van der Waals surface area contributed by atoms with Gasteiger partial charge in [0.2, 0.25) is 0 Å². The van der Waals surface area contributed by atoms with Crippen molar-refractivity contribution in [1.29, 1.82) is 0 Å². The molecule has 19 heavy (non-hydrogen) atoms. The predicted molar refractivity (Wildman–Crippen MR) is 77.6 cm³/mol. The standard InChI is InChI=1S/C15H20N4/c1-12-14(11-16)15(18-9-5-6-10-18)19(17-12)13-7-3-2-4-8-13/h2-4,7-8H,5-6,9-11,16H2,1H3. The molecule has 4 nitrogen and oxygen atoms in total. The van der Waals surface area contributed by atoms with Gasteiger partial charge >= 0.3 is 0 Å². The van der Waals surface area contributed by atoms with Crippen molar-refractivity contribution in [2.24, 2.45) is 5.73 Å². The molecular weight excluding hydrogens is 236 g/mol. The zero-order chi connectivity index (χ0) is 13.2. The zero-order valence-corrected chi connectivity index (χ0v) is 11.3. The Morgan fingerprint density at radius 2 is 1.84 bits per heavy atom. The Labute approximate surface area is 113 Å². The molecule has 100 valence electrons. The van der Waals surface area contributed by atoms with Crippen molar-refractivity contribution in [3.63, 3.8) is 0 Å². The van der Waals surface area contributed by atoms with E-state index in [1.807, 2.05) is 29.8 Å². The first-order valence-corrected chi connectivity index (χ1v) is 6.90. The van der Waals surface area contributed by atoms with E-state index in [9.17, 15) is 0 Å². The Bertz CT molecular complexity index is 553. The molecule has 0 saturated carbocycles. The first-order chi connectivity index (χ1) is 9.31. The molecular formula is C15H20N4. The van der Waals surface area contributed by atoms with Gasteiger partial charge in [0, 0.05) is 25.2 Å². The second kappa shape index (κ2) is 5.05. The van der Waals surface area contributed by atoms with E-state index in [1.54, 1.807) is 0 Å². The first-order valence-electron chi connectivity index (χ1n) is 6.90. The van der Waals surface area contributed by atoms with Crippen LogP contribution in [0.15, 0.2) is 30.3 Å². The molecule has 2 heterocycles. The zero-order valence-electron chi connectivity index (χ0n) is 11.3. The molecule has 0 amide bonds. The summed E-state index contributed by atoms with van der Waals surface area (Å²) < 4.78 is 2.04. The normalized spacial score (nSPS) is 15.2. The van der Waals surface area contributed by atoms with E-state index in [0.29, 0.717) is 6.54 Å². The van der Waals surface area contributed by atoms with Crippen LogP contribution in [0.4, 0.5) is 5.82 Å². The Morgan fingerprint density at radius 3 is 2.47 bits per heavy atom. The molecule has 1 aromatic heterocycles. The highest BCUT2D eigenvalue weighted by Crippen LogP contribution is 2.29. The molecule has 4 heteroatoms. The topological polar surface area (TPSA) is 47.1 Å². The van der Waals surface area contributed by atoms with Crippen LogP contribution in [-0.2, 0) is 6.54 Å². The molecule has 2 aromatic rings. The molecule has 1 aliphatic rings. The van der Waals surface area contributed by atoms with Gasteiger partial charge in [0.25, 0.3) is 0 Å². The van der Waals surface area contributed by atoms with Gasteiger partial charge in [-0.15, -0.1) is 0 Å². The highest BCUT2D eigenvalue weighted by atomic mass is 15.4. The lowest BCUT2D eigenvalue weighted by molar-refractivity contribution is 0.813.